The first-order valence-corrected chi connectivity index (χ1v) is 6.79. The summed E-state index contributed by atoms with van der Waals surface area (Å²) in [7, 11) is 0. The van der Waals surface area contributed by atoms with Crippen LogP contribution in [0.1, 0.15) is 29.9 Å². The van der Waals surface area contributed by atoms with Crippen LogP contribution in [0.15, 0.2) is 4.52 Å². The van der Waals surface area contributed by atoms with E-state index in [2.05, 4.69) is 10.5 Å². The molecule has 1 N–H and O–H groups in total. The minimum atomic E-state index is -4.10. The van der Waals surface area contributed by atoms with E-state index in [1.807, 2.05) is 13.8 Å². The number of aromatic nitrogens is 1. The number of nitrogens with one attached hydrogen (secondary N) is 1. The lowest BCUT2D eigenvalue weighted by Gasteiger charge is -2.32. The van der Waals surface area contributed by atoms with Crippen molar-refractivity contribution in [3.63, 3.8) is 0 Å². The fourth-order valence-corrected chi connectivity index (χ4v) is 2.55. The molecular formula is C13H20F3N3O. The second kappa shape index (κ2) is 6.13. The Bertz CT molecular complexity index is 417. The van der Waals surface area contributed by atoms with E-state index >= 15 is 0 Å². The van der Waals surface area contributed by atoms with Gasteiger partial charge in [-0.15, -0.1) is 0 Å². The number of halogens is 3. The van der Waals surface area contributed by atoms with E-state index in [0.29, 0.717) is 19.6 Å². The summed E-state index contributed by atoms with van der Waals surface area (Å²) >= 11 is 0. The molecule has 1 aromatic rings. The molecule has 1 fully saturated rings. The zero-order valence-corrected chi connectivity index (χ0v) is 11.8. The van der Waals surface area contributed by atoms with Crippen molar-refractivity contribution < 1.29 is 17.7 Å². The molecule has 1 saturated heterocycles. The summed E-state index contributed by atoms with van der Waals surface area (Å²) in [5.41, 5.74) is 1.91. The molecule has 1 aliphatic heterocycles. The maximum absolute atomic E-state index is 12.3. The average molecular weight is 291 g/mol. The molecule has 114 valence electrons. The van der Waals surface area contributed by atoms with E-state index in [1.54, 1.807) is 0 Å². The fraction of sp³-hybridized carbons (Fsp3) is 0.769. The van der Waals surface area contributed by atoms with E-state index in [0.717, 1.165) is 29.9 Å². The average Bonchev–Trinajstić information content (AvgIpc) is 2.67. The van der Waals surface area contributed by atoms with Crippen molar-refractivity contribution in [2.24, 2.45) is 0 Å². The Morgan fingerprint density at radius 1 is 1.30 bits per heavy atom. The van der Waals surface area contributed by atoms with Crippen molar-refractivity contribution in [3.8, 4) is 0 Å². The summed E-state index contributed by atoms with van der Waals surface area (Å²) in [6.45, 7) is 4.58. The molecule has 1 aromatic heterocycles. The highest BCUT2D eigenvalue weighted by molar-refractivity contribution is 5.20. The van der Waals surface area contributed by atoms with E-state index in [4.69, 9.17) is 4.52 Å². The van der Waals surface area contributed by atoms with E-state index in [1.165, 1.54) is 4.90 Å². The summed E-state index contributed by atoms with van der Waals surface area (Å²) in [5.74, 6) is 0.796. The molecule has 0 saturated carbocycles. The lowest BCUT2D eigenvalue weighted by Crippen LogP contribution is -2.45. The van der Waals surface area contributed by atoms with Gasteiger partial charge in [0.15, 0.2) is 0 Å². The zero-order valence-electron chi connectivity index (χ0n) is 11.8. The molecule has 2 rings (SSSR count). The Morgan fingerprint density at radius 3 is 2.45 bits per heavy atom. The number of nitrogens with zero attached hydrogens (tertiary/aromatic N) is 2. The first-order chi connectivity index (χ1) is 9.35. The number of alkyl halides is 3. The number of aryl methyl sites for hydroxylation is 2. The van der Waals surface area contributed by atoms with Gasteiger partial charge in [0.1, 0.15) is 5.76 Å². The third kappa shape index (κ3) is 4.21. The lowest BCUT2D eigenvalue weighted by atomic mass is 10.0. The van der Waals surface area contributed by atoms with Gasteiger partial charge >= 0.3 is 6.18 Å². The number of hydrogen-bond donors (Lipinski definition) is 1. The van der Waals surface area contributed by atoms with Crippen molar-refractivity contribution in [2.75, 3.05) is 19.6 Å². The first kappa shape index (κ1) is 15.3. The molecule has 0 spiro atoms. The number of piperidine rings is 1. The van der Waals surface area contributed by atoms with Crippen LogP contribution in [0.2, 0.25) is 0 Å². The molecule has 7 heteroatoms. The van der Waals surface area contributed by atoms with Gasteiger partial charge in [-0.2, -0.15) is 13.2 Å². The third-order valence-electron chi connectivity index (χ3n) is 3.74. The Morgan fingerprint density at radius 2 is 1.95 bits per heavy atom. The lowest BCUT2D eigenvalue weighted by molar-refractivity contribution is -0.148. The molecule has 0 unspecified atom stereocenters. The van der Waals surface area contributed by atoms with Crippen LogP contribution in [0.25, 0.3) is 0 Å². The Labute approximate surface area is 116 Å². The monoisotopic (exact) mass is 291 g/mol. The van der Waals surface area contributed by atoms with Crippen molar-refractivity contribution in [2.45, 2.75) is 45.5 Å². The van der Waals surface area contributed by atoms with Crippen LogP contribution in [-0.4, -0.2) is 41.9 Å². The molecule has 0 radical (unpaired) electrons. The van der Waals surface area contributed by atoms with Gasteiger partial charge in [-0.1, -0.05) is 5.16 Å². The SMILES string of the molecule is Cc1noc(C)c1CNC1CCN(CC(F)(F)F)CC1. The molecule has 4 nitrogen and oxygen atoms in total. The van der Waals surface area contributed by atoms with Gasteiger partial charge in [0.05, 0.1) is 12.2 Å². The molecule has 0 bridgehead atoms. The highest BCUT2D eigenvalue weighted by Gasteiger charge is 2.32. The number of hydrogen-bond acceptors (Lipinski definition) is 4. The van der Waals surface area contributed by atoms with Crippen LogP contribution in [-0.2, 0) is 6.54 Å². The first-order valence-electron chi connectivity index (χ1n) is 6.79. The van der Waals surface area contributed by atoms with Crippen LogP contribution in [0.5, 0.6) is 0 Å². The Kier molecular flexibility index (Phi) is 4.70. The van der Waals surface area contributed by atoms with Crippen molar-refractivity contribution in [1.29, 1.82) is 0 Å². The predicted octanol–water partition coefficient (Wildman–Crippen LogP) is 2.41. The van der Waals surface area contributed by atoms with Crippen molar-refractivity contribution in [1.82, 2.24) is 15.4 Å². The van der Waals surface area contributed by atoms with Gasteiger partial charge in [0, 0.05) is 18.2 Å². The minimum Gasteiger partial charge on any atom is -0.361 e. The summed E-state index contributed by atoms with van der Waals surface area (Å²) in [6.07, 6.45) is -2.63. The molecule has 2 heterocycles. The summed E-state index contributed by atoms with van der Waals surface area (Å²) < 4.78 is 41.9. The fourth-order valence-electron chi connectivity index (χ4n) is 2.55. The smallest absolute Gasteiger partial charge is 0.361 e. The largest absolute Gasteiger partial charge is 0.401 e. The standard InChI is InChI=1S/C13H20F3N3O/c1-9-12(10(2)20-18-9)7-17-11-3-5-19(6-4-11)8-13(14,15)16/h11,17H,3-8H2,1-2H3. The quantitative estimate of drug-likeness (QED) is 0.925. The Balaban J connectivity index is 1.75. The molecule has 0 amide bonds. The topological polar surface area (TPSA) is 41.3 Å². The highest BCUT2D eigenvalue weighted by Crippen LogP contribution is 2.20. The van der Waals surface area contributed by atoms with Gasteiger partial charge in [0.25, 0.3) is 0 Å². The number of rotatable bonds is 4. The maximum Gasteiger partial charge on any atom is 0.401 e. The van der Waals surface area contributed by atoms with Gasteiger partial charge < -0.3 is 9.84 Å². The van der Waals surface area contributed by atoms with Crippen LogP contribution < -0.4 is 5.32 Å². The van der Waals surface area contributed by atoms with Gasteiger partial charge in [-0.25, -0.2) is 0 Å². The molecule has 0 aliphatic carbocycles. The predicted molar refractivity (Wildman–Crippen MR) is 68.3 cm³/mol. The Hall–Kier alpha value is -1.08. The summed E-state index contributed by atoms with van der Waals surface area (Å²) in [6, 6.07) is 0.258. The van der Waals surface area contributed by atoms with Crippen LogP contribution in [0.3, 0.4) is 0 Å². The van der Waals surface area contributed by atoms with Crippen LogP contribution in [0, 0.1) is 13.8 Å². The maximum atomic E-state index is 12.3. The minimum absolute atomic E-state index is 0.258. The zero-order chi connectivity index (χ0) is 14.8. The van der Waals surface area contributed by atoms with Crippen molar-refractivity contribution in [3.05, 3.63) is 17.0 Å². The summed E-state index contributed by atoms with van der Waals surface area (Å²) in [5, 5.41) is 7.27. The number of likely N-dealkylation sites (tertiary alicyclic amines) is 1. The molecular weight excluding hydrogens is 271 g/mol. The second-order valence-corrected chi connectivity index (χ2v) is 5.35. The van der Waals surface area contributed by atoms with E-state index < -0.39 is 12.7 Å². The van der Waals surface area contributed by atoms with E-state index in [-0.39, 0.29) is 6.04 Å². The van der Waals surface area contributed by atoms with Crippen LogP contribution >= 0.6 is 0 Å². The normalized spacial score (nSPS) is 18.6. The van der Waals surface area contributed by atoms with Gasteiger partial charge in [-0.05, 0) is 39.8 Å². The van der Waals surface area contributed by atoms with Gasteiger partial charge in [-0.3, -0.25) is 4.90 Å². The highest BCUT2D eigenvalue weighted by atomic mass is 19.4. The molecule has 1 aliphatic rings. The third-order valence-corrected chi connectivity index (χ3v) is 3.74. The second-order valence-electron chi connectivity index (χ2n) is 5.35. The van der Waals surface area contributed by atoms with Gasteiger partial charge in [0.2, 0.25) is 0 Å². The molecule has 0 aromatic carbocycles. The molecule has 20 heavy (non-hydrogen) atoms. The molecule has 0 atom stereocenters. The summed E-state index contributed by atoms with van der Waals surface area (Å²) in [4.78, 5) is 1.47. The van der Waals surface area contributed by atoms with E-state index in [9.17, 15) is 13.2 Å². The van der Waals surface area contributed by atoms with Crippen molar-refractivity contribution >= 4 is 0 Å². The van der Waals surface area contributed by atoms with Crippen LogP contribution in [0.4, 0.5) is 13.2 Å².